The predicted octanol–water partition coefficient (Wildman–Crippen LogP) is 1.18. The van der Waals surface area contributed by atoms with Crippen LogP contribution in [-0.2, 0) is 9.84 Å². The van der Waals surface area contributed by atoms with Gasteiger partial charge in [0.1, 0.15) is 5.82 Å². The highest BCUT2D eigenvalue weighted by atomic mass is 32.2. The Balaban J connectivity index is 2.98. The number of hydrogen-bond donors (Lipinski definition) is 0. The van der Waals surface area contributed by atoms with E-state index in [-0.39, 0.29) is 5.82 Å². The molecule has 0 aromatic heterocycles. The Morgan fingerprint density at radius 1 is 1.23 bits per heavy atom. The number of benzene rings is 1. The molecule has 1 rings (SSSR count). The lowest BCUT2D eigenvalue weighted by molar-refractivity contribution is 0.611. The summed E-state index contributed by atoms with van der Waals surface area (Å²) in [4.78, 5) is 0. The molecule has 13 heavy (non-hydrogen) atoms. The zero-order valence-corrected chi connectivity index (χ0v) is 7.73. The van der Waals surface area contributed by atoms with Crippen molar-refractivity contribution < 1.29 is 12.8 Å². The van der Waals surface area contributed by atoms with Crippen LogP contribution in [0.1, 0.15) is 5.56 Å². The molecule has 0 atom stereocenters. The van der Waals surface area contributed by atoms with E-state index in [0.717, 1.165) is 6.26 Å². The quantitative estimate of drug-likeness (QED) is 0.586. The molecule has 0 radical (unpaired) electrons. The van der Waals surface area contributed by atoms with E-state index in [2.05, 4.69) is 11.2 Å². The van der Waals surface area contributed by atoms with E-state index < -0.39 is 9.84 Å². The van der Waals surface area contributed by atoms with E-state index in [9.17, 15) is 12.8 Å². The average molecular weight is 198 g/mol. The molecular formula is C9H7FO2S. The summed E-state index contributed by atoms with van der Waals surface area (Å²) in [7, 11) is -3.29. The minimum absolute atomic E-state index is 0.370. The molecule has 0 aliphatic rings. The second-order valence-corrected chi connectivity index (χ2v) is 4.25. The first-order valence-corrected chi connectivity index (χ1v) is 5.35. The lowest BCUT2D eigenvalue weighted by Crippen LogP contribution is -1.88. The van der Waals surface area contributed by atoms with Crippen LogP contribution in [0.3, 0.4) is 0 Å². The molecule has 0 bridgehead atoms. The second kappa shape index (κ2) is 3.58. The zero-order valence-electron chi connectivity index (χ0n) is 6.91. The summed E-state index contributed by atoms with van der Waals surface area (Å²) in [5, 5.41) is 2.06. The van der Waals surface area contributed by atoms with Crippen LogP contribution in [0.15, 0.2) is 24.3 Å². The number of sulfone groups is 1. The van der Waals surface area contributed by atoms with Gasteiger partial charge in [0.25, 0.3) is 0 Å². The van der Waals surface area contributed by atoms with Crippen LogP contribution in [-0.4, -0.2) is 14.7 Å². The number of rotatable bonds is 0. The summed E-state index contributed by atoms with van der Waals surface area (Å²) in [6.45, 7) is 0. The van der Waals surface area contributed by atoms with E-state index in [0.29, 0.717) is 5.56 Å². The Hall–Kier alpha value is -1.34. The van der Waals surface area contributed by atoms with E-state index in [1.54, 1.807) is 0 Å². The van der Waals surface area contributed by atoms with Crippen molar-refractivity contribution in [1.29, 1.82) is 0 Å². The number of halogens is 1. The normalized spacial score (nSPS) is 10.3. The second-order valence-electron chi connectivity index (χ2n) is 2.51. The maximum atomic E-state index is 12.4. The van der Waals surface area contributed by atoms with Crippen molar-refractivity contribution in [3.63, 3.8) is 0 Å². The van der Waals surface area contributed by atoms with Gasteiger partial charge in [0.15, 0.2) is 0 Å². The average Bonchev–Trinajstić information content (AvgIpc) is 2.02. The molecule has 0 saturated carbocycles. The topological polar surface area (TPSA) is 34.1 Å². The van der Waals surface area contributed by atoms with E-state index in [4.69, 9.17) is 0 Å². The molecular weight excluding hydrogens is 191 g/mol. The highest BCUT2D eigenvalue weighted by molar-refractivity contribution is 7.95. The van der Waals surface area contributed by atoms with Gasteiger partial charge in [0.2, 0.25) is 9.84 Å². The zero-order chi connectivity index (χ0) is 9.90. The summed E-state index contributed by atoms with van der Waals surface area (Å²) in [6.07, 6.45) is 1.02. The van der Waals surface area contributed by atoms with Gasteiger partial charge in [-0.3, -0.25) is 0 Å². The Morgan fingerprint density at radius 2 is 1.77 bits per heavy atom. The highest BCUT2D eigenvalue weighted by Gasteiger charge is 1.92. The first-order valence-electron chi connectivity index (χ1n) is 3.46. The molecule has 68 valence electrons. The van der Waals surface area contributed by atoms with Crippen LogP contribution < -0.4 is 0 Å². The van der Waals surface area contributed by atoms with Gasteiger partial charge in [-0.25, -0.2) is 12.8 Å². The van der Waals surface area contributed by atoms with Crippen LogP contribution in [0.4, 0.5) is 4.39 Å². The summed E-state index contributed by atoms with van der Waals surface area (Å²) in [6, 6.07) is 5.31. The molecule has 4 heteroatoms. The van der Waals surface area contributed by atoms with Crippen molar-refractivity contribution in [1.82, 2.24) is 0 Å². The van der Waals surface area contributed by atoms with Crippen LogP contribution in [0, 0.1) is 17.0 Å². The van der Waals surface area contributed by atoms with Crippen molar-refractivity contribution in [2.75, 3.05) is 6.26 Å². The molecule has 0 amide bonds. The van der Waals surface area contributed by atoms with Crippen molar-refractivity contribution in [2.45, 2.75) is 0 Å². The molecule has 0 N–H and O–H groups in total. The molecule has 0 spiro atoms. The molecule has 0 fully saturated rings. The fourth-order valence-corrected chi connectivity index (χ4v) is 0.988. The van der Waals surface area contributed by atoms with Crippen LogP contribution in [0.2, 0.25) is 0 Å². The third kappa shape index (κ3) is 3.72. The van der Waals surface area contributed by atoms with Crippen LogP contribution in [0.25, 0.3) is 0 Å². The maximum Gasteiger partial charge on any atom is 0.214 e. The molecule has 0 aliphatic carbocycles. The van der Waals surface area contributed by atoms with Gasteiger partial charge in [-0.1, -0.05) is 5.92 Å². The third-order valence-electron chi connectivity index (χ3n) is 1.22. The Labute approximate surface area is 76.3 Å². The van der Waals surface area contributed by atoms with Gasteiger partial charge >= 0.3 is 0 Å². The fourth-order valence-electron chi connectivity index (χ4n) is 0.685. The standard InChI is InChI=1S/C9H7FO2S/c1-13(11,12)7-6-8-2-4-9(10)5-3-8/h2-5H,1H3. The first kappa shape index (κ1) is 9.75. The van der Waals surface area contributed by atoms with Gasteiger partial charge in [0, 0.05) is 10.8 Å². The van der Waals surface area contributed by atoms with Gasteiger partial charge in [-0.2, -0.15) is 0 Å². The fraction of sp³-hybridized carbons (Fsp3) is 0.111. The maximum absolute atomic E-state index is 12.4. The largest absolute Gasteiger partial charge is 0.216 e. The molecule has 1 aromatic rings. The first-order chi connectivity index (χ1) is 5.97. The monoisotopic (exact) mass is 198 g/mol. The molecule has 0 unspecified atom stereocenters. The van der Waals surface area contributed by atoms with Crippen molar-refractivity contribution >= 4 is 9.84 Å². The summed E-state index contributed by atoms with van der Waals surface area (Å²) in [5.74, 6) is 2.04. The van der Waals surface area contributed by atoms with Gasteiger partial charge in [0.05, 0.1) is 6.26 Å². The SMILES string of the molecule is CS(=O)(=O)C#Cc1ccc(F)cc1. The Bertz CT molecular complexity index is 449. The van der Waals surface area contributed by atoms with Gasteiger partial charge in [-0.15, -0.1) is 0 Å². The van der Waals surface area contributed by atoms with E-state index in [1.807, 2.05) is 0 Å². The summed E-state index contributed by atoms with van der Waals surface area (Å²) >= 11 is 0. The number of hydrogen-bond acceptors (Lipinski definition) is 2. The van der Waals surface area contributed by atoms with E-state index >= 15 is 0 Å². The van der Waals surface area contributed by atoms with Crippen molar-refractivity contribution in [3.8, 4) is 11.2 Å². The molecule has 0 aliphatic heterocycles. The summed E-state index contributed by atoms with van der Waals surface area (Å²) < 4.78 is 33.6. The molecule has 2 nitrogen and oxygen atoms in total. The molecule has 0 saturated heterocycles. The van der Waals surface area contributed by atoms with E-state index in [1.165, 1.54) is 24.3 Å². The molecule has 1 aromatic carbocycles. The lowest BCUT2D eigenvalue weighted by atomic mass is 10.2. The Kier molecular flexibility index (Phi) is 2.69. The van der Waals surface area contributed by atoms with Gasteiger partial charge < -0.3 is 0 Å². The summed E-state index contributed by atoms with van der Waals surface area (Å²) in [5.41, 5.74) is 0.479. The van der Waals surface area contributed by atoms with Crippen LogP contribution >= 0.6 is 0 Å². The minimum Gasteiger partial charge on any atom is -0.216 e. The lowest BCUT2D eigenvalue weighted by Gasteiger charge is -1.88. The highest BCUT2D eigenvalue weighted by Crippen LogP contribution is 2.00. The molecule has 0 heterocycles. The van der Waals surface area contributed by atoms with Crippen molar-refractivity contribution in [3.05, 3.63) is 35.6 Å². The van der Waals surface area contributed by atoms with Crippen LogP contribution in [0.5, 0.6) is 0 Å². The third-order valence-corrected chi connectivity index (χ3v) is 1.70. The predicted molar refractivity (Wildman–Crippen MR) is 48.1 cm³/mol. The minimum atomic E-state index is -3.29. The van der Waals surface area contributed by atoms with Crippen molar-refractivity contribution in [2.24, 2.45) is 0 Å². The van der Waals surface area contributed by atoms with Gasteiger partial charge in [-0.05, 0) is 24.3 Å². The Morgan fingerprint density at radius 3 is 2.23 bits per heavy atom. The smallest absolute Gasteiger partial charge is 0.214 e.